The van der Waals surface area contributed by atoms with Gasteiger partial charge >= 0.3 is 10.2 Å². The van der Waals surface area contributed by atoms with Crippen molar-refractivity contribution in [2.45, 2.75) is 76.2 Å². The van der Waals surface area contributed by atoms with E-state index in [1.165, 1.54) is 37.2 Å². The Morgan fingerprint density at radius 3 is 2.14 bits per heavy atom. The Bertz CT molecular complexity index is 2430. The van der Waals surface area contributed by atoms with E-state index in [1.807, 2.05) is 30.3 Å². The standard InChI is InChI=1S/C47H54N6O5S/c1-50(2)59(56,57)49-45(54)35-19-21-38-41(25-35)53-31-47(27-40(47)39-26-36(58-3)20-22-37(39)44(53)43(38)34-17-11-6-12-18-34)46(55)48-28-42-51(29-32-13-7-4-8-14-32)23-24-52(42)30-33-15-9-5-10-16-33/h4-5,7-10,13-16,19-22,25-26,34,40,42H,6,11-12,17-18,23-24,27-31H2,1-3H3,(H,48,55)(H,49,54). The molecule has 3 heterocycles. The first-order valence-corrected chi connectivity index (χ1v) is 22.4. The zero-order valence-corrected chi connectivity index (χ0v) is 35.0. The van der Waals surface area contributed by atoms with Crippen LogP contribution in [0.4, 0.5) is 0 Å². The van der Waals surface area contributed by atoms with Crippen molar-refractivity contribution in [2.24, 2.45) is 5.41 Å². The van der Waals surface area contributed by atoms with Gasteiger partial charge < -0.3 is 14.6 Å². The molecule has 2 saturated carbocycles. The summed E-state index contributed by atoms with van der Waals surface area (Å²) in [5.41, 5.74) is 7.42. The summed E-state index contributed by atoms with van der Waals surface area (Å²) < 4.78 is 36.7. The van der Waals surface area contributed by atoms with Gasteiger partial charge in [0.1, 0.15) is 5.75 Å². The molecule has 308 valence electrons. The molecule has 2 N–H and O–H groups in total. The van der Waals surface area contributed by atoms with Crippen LogP contribution in [0.2, 0.25) is 0 Å². The predicted octanol–water partition coefficient (Wildman–Crippen LogP) is 6.85. The summed E-state index contributed by atoms with van der Waals surface area (Å²) in [6, 6.07) is 32.9. The number of amides is 2. The molecular weight excluding hydrogens is 761 g/mol. The Labute approximate surface area is 347 Å². The molecular formula is C47H54N6O5S. The summed E-state index contributed by atoms with van der Waals surface area (Å²) in [6.07, 6.45) is 6.32. The number of carbonyl (C=O) groups is 2. The average Bonchev–Trinajstić information content (AvgIpc) is 3.78. The summed E-state index contributed by atoms with van der Waals surface area (Å²) >= 11 is 0. The third kappa shape index (κ3) is 7.45. The van der Waals surface area contributed by atoms with Crippen molar-refractivity contribution >= 4 is 32.9 Å². The number of ether oxygens (including phenoxy) is 1. The molecule has 12 heteroatoms. The van der Waals surface area contributed by atoms with E-state index in [-0.39, 0.29) is 23.6 Å². The van der Waals surface area contributed by atoms with Crippen LogP contribution < -0.4 is 14.8 Å². The number of rotatable bonds is 12. The quantitative estimate of drug-likeness (QED) is 0.142. The van der Waals surface area contributed by atoms with Crippen molar-refractivity contribution in [3.63, 3.8) is 0 Å². The van der Waals surface area contributed by atoms with E-state index in [1.54, 1.807) is 13.2 Å². The number of fused-ring (bicyclic) bond motifs is 7. The third-order valence-electron chi connectivity index (χ3n) is 13.4. The van der Waals surface area contributed by atoms with Gasteiger partial charge in [-0.15, -0.1) is 0 Å². The number of hydrogen-bond acceptors (Lipinski definition) is 7. The van der Waals surface area contributed by atoms with Crippen LogP contribution in [-0.4, -0.2) is 85.9 Å². The zero-order chi connectivity index (χ0) is 40.9. The van der Waals surface area contributed by atoms with E-state index in [0.29, 0.717) is 25.4 Å². The van der Waals surface area contributed by atoms with E-state index >= 15 is 4.79 Å². The van der Waals surface area contributed by atoms with Crippen molar-refractivity contribution in [2.75, 3.05) is 40.8 Å². The highest BCUT2D eigenvalue weighted by Gasteiger charge is 2.63. The van der Waals surface area contributed by atoms with Gasteiger partial charge in [0.15, 0.2) is 0 Å². The normalized spacial score (nSPS) is 21.1. The summed E-state index contributed by atoms with van der Waals surface area (Å²) in [7, 11) is 0.455. The number of methoxy groups -OCH3 is 1. The number of nitrogens with one attached hydrogen (secondary N) is 2. The maximum atomic E-state index is 15.1. The molecule has 59 heavy (non-hydrogen) atoms. The molecule has 2 aliphatic heterocycles. The average molecular weight is 815 g/mol. The number of benzene rings is 4. The van der Waals surface area contributed by atoms with Crippen LogP contribution in [0.25, 0.3) is 22.2 Å². The smallest absolute Gasteiger partial charge is 0.303 e. The highest BCUT2D eigenvalue weighted by molar-refractivity contribution is 7.87. The molecule has 0 radical (unpaired) electrons. The van der Waals surface area contributed by atoms with Gasteiger partial charge in [-0.2, -0.15) is 12.7 Å². The predicted molar refractivity (Wildman–Crippen MR) is 230 cm³/mol. The number of aromatic nitrogens is 1. The lowest BCUT2D eigenvalue weighted by atomic mass is 9.81. The Hall–Kier alpha value is -5.01. The van der Waals surface area contributed by atoms with Crippen molar-refractivity contribution in [1.82, 2.24) is 28.7 Å². The largest absolute Gasteiger partial charge is 0.497 e. The maximum absolute atomic E-state index is 15.1. The molecule has 0 spiro atoms. The van der Waals surface area contributed by atoms with Crippen LogP contribution in [0, 0.1) is 5.41 Å². The Kier molecular flexibility index (Phi) is 10.6. The topological polar surface area (TPSA) is 116 Å². The Morgan fingerprint density at radius 1 is 0.847 bits per heavy atom. The molecule has 2 aliphatic carbocycles. The second-order valence-corrected chi connectivity index (χ2v) is 19.0. The SMILES string of the molecule is COc1ccc2c(c1)C1CC1(C(=O)NCC1N(Cc3ccccc3)CCN1Cc1ccccc1)Cn1c-2c(C2CCCCC2)c2ccc(C(=O)NS(=O)(=O)N(C)C)cc21. The van der Waals surface area contributed by atoms with E-state index in [4.69, 9.17) is 4.74 Å². The van der Waals surface area contributed by atoms with Gasteiger partial charge in [0.2, 0.25) is 5.91 Å². The lowest BCUT2D eigenvalue weighted by Gasteiger charge is -2.31. The van der Waals surface area contributed by atoms with Crippen molar-refractivity contribution < 1.29 is 22.7 Å². The molecule has 1 saturated heterocycles. The van der Waals surface area contributed by atoms with E-state index < -0.39 is 21.5 Å². The van der Waals surface area contributed by atoms with Crippen molar-refractivity contribution in [3.8, 4) is 17.0 Å². The third-order valence-corrected chi connectivity index (χ3v) is 14.8. The van der Waals surface area contributed by atoms with Gasteiger partial charge in [-0.25, -0.2) is 4.72 Å². The van der Waals surface area contributed by atoms with Crippen molar-refractivity contribution in [3.05, 3.63) is 125 Å². The summed E-state index contributed by atoms with van der Waals surface area (Å²) in [6.45, 7) is 4.31. The first kappa shape index (κ1) is 39.5. The van der Waals surface area contributed by atoms with E-state index in [0.717, 1.165) is 89.6 Å². The fraction of sp³-hybridized carbons (Fsp3) is 0.404. The van der Waals surface area contributed by atoms with Gasteiger partial charge in [0.25, 0.3) is 5.91 Å². The summed E-state index contributed by atoms with van der Waals surface area (Å²) in [5, 5.41) is 4.56. The minimum atomic E-state index is -4.01. The van der Waals surface area contributed by atoms with Crippen LogP contribution in [-0.2, 0) is 34.6 Å². The fourth-order valence-corrected chi connectivity index (χ4v) is 10.7. The van der Waals surface area contributed by atoms with Gasteiger partial charge in [0, 0.05) is 81.3 Å². The molecule has 0 bridgehead atoms. The number of carbonyl (C=O) groups excluding carboxylic acids is 2. The molecule has 5 aromatic rings. The van der Waals surface area contributed by atoms with E-state index in [9.17, 15) is 13.2 Å². The van der Waals surface area contributed by atoms with Gasteiger partial charge in [-0.3, -0.25) is 19.4 Å². The molecule has 2 amide bonds. The monoisotopic (exact) mass is 814 g/mol. The van der Waals surface area contributed by atoms with Crippen LogP contribution in [0.15, 0.2) is 97.1 Å². The second-order valence-electron chi connectivity index (χ2n) is 17.1. The van der Waals surface area contributed by atoms with Crippen LogP contribution >= 0.6 is 0 Å². The summed E-state index contributed by atoms with van der Waals surface area (Å²) in [5.74, 6) is 0.390. The first-order valence-electron chi connectivity index (χ1n) is 21.0. The molecule has 3 fully saturated rings. The first-order chi connectivity index (χ1) is 28.6. The lowest BCUT2D eigenvalue weighted by molar-refractivity contribution is -0.127. The molecule has 9 rings (SSSR count). The molecule has 11 nitrogen and oxygen atoms in total. The second kappa shape index (κ2) is 15.9. The number of nitrogens with zero attached hydrogens (tertiary/aromatic N) is 4. The van der Waals surface area contributed by atoms with E-state index in [2.05, 4.69) is 85.1 Å². The Balaban J connectivity index is 1.10. The van der Waals surface area contributed by atoms with Crippen LogP contribution in [0.5, 0.6) is 5.75 Å². The molecule has 4 aromatic carbocycles. The minimum Gasteiger partial charge on any atom is -0.497 e. The maximum Gasteiger partial charge on any atom is 0.303 e. The van der Waals surface area contributed by atoms with Crippen LogP contribution in [0.1, 0.15) is 83.0 Å². The van der Waals surface area contributed by atoms with Gasteiger partial charge in [-0.05, 0) is 77.8 Å². The zero-order valence-electron chi connectivity index (χ0n) is 34.2. The Morgan fingerprint density at radius 2 is 1.51 bits per heavy atom. The highest BCUT2D eigenvalue weighted by Crippen LogP contribution is 2.65. The highest BCUT2D eigenvalue weighted by atomic mass is 32.2. The lowest BCUT2D eigenvalue weighted by Crippen LogP contribution is -2.48. The molecule has 2 unspecified atom stereocenters. The fourth-order valence-electron chi connectivity index (χ4n) is 10.1. The van der Waals surface area contributed by atoms with Gasteiger partial charge in [-0.1, -0.05) is 86.0 Å². The van der Waals surface area contributed by atoms with Gasteiger partial charge in [0.05, 0.1) is 24.4 Å². The summed E-state index contributed by atoms with van der Waals surface area (Å²) in [4.78, 5) is 33.6. The minimum absolute atomic E-state index is 0.00603. The molecule has 1 aromatic heterocycles. The van der Waals surface area contributed by atoms with Crippen molar-refractivity contribution in [1.29, 1.82) is 0 Å². The van der Waals surface area contributed by atoms with Crippen LogP contribution in [0.3, 0.4) is 0 Å². The molecule has 2 atom stereocenters. The number of hydrogen-bond donors (Lipinski definition) is 2. The molecule has 4 aliphatic rings.